The molecule has 19 heavy (non-hydrogen) atoms. The summed E-state index contributed by atoms with van der Waals surface area (Å²) in [5.74, 6) is 2.40. The summed E-state index contributed by atoms with van der Waals surface area (Å²) in [5.41, 5.74) is -0.268. The molecule has 0 radical (unpaired) electrons. The highest BCUT2D eigenvalue weighted by molar-refractivity contribution is 7.99. The lowest BCUT2D eigenvalue weighted by atomic mass is 9.71. The number of thioether (sulfide) groups is 1. The number of hydrogen-bond donors (Lipinski definition) is 2. The Balaban J connectivity index is 1.72. The molecule has 1 heterocycles. The molecule has 110 valence electrons. The topological polar surface area (TPSA) is 49.3 Å². The highest BCUT2D eigenvalue weighted by Crippen LogP contribution is 2.39. The number of carbonyl (C=O) groups excluding carboxylic acids is 1. The monoisotopic (exact) mass is 285 g/mol. The van der Waals surface area contributed by atoms with Crippen molar-refractivity contribution < 1.29 is 9.90 Å². The van der Waals surface area contributed by atoms with E-state index >= 15 is 0 Å². The van der Waals surface area contributed by atoms with Gasteiger partial charge in [0.1, 0.15) is 0 Å². The summed E-state index contributed by atoms with van der Waals surface area (Å²) in [6.07, 6.45) is 6.28. The fourth-order valence-electron chi connectivity index (χ4n) is 3.36. The lowest BCUT2D eigenvalue weighted by Crippen LogP contribution is -2.43. The van der Waals surface area contributed by atoms with Gasteiger partial charge in [0.2, 0.25) is 5.91 Å². The molecular formula is C15H27NO2S. The molecule has 0 bridgehead atoms. The summed E-state index contributed by atoms with van der Waals surface area (Å²) in [4.78, 5) is 12.0. The van der Waals surface area contributed by atoms with E-state index < -0.39 is 5.60 Å². The maximum atomic E-state index is 12.0. The third-order valence-corrected chi connectivity index (χ3v) is 5.71. The molecule has 1 aliphatic heterocycles. The molecule has 2 fully saturated rings. The molecule has 1 saturated heterocycles. The Kier molecular flexibility index (Phi) is 4.83. The van der Waals surface area contributed by atoms with Crippen molar-refractivity contribution in [2.45, 2.75) is 58.0 Å². The third kappa shape index (κ3) is 4.67. The van der Waals surface area contributed by atoms with Crippen LogP contribution in [-0.2, 0) is 4.79 Å². The summed E-state index contributed by atoms with van der Waals surface area (Å²) in [7, 11) is 0. The first kappa shape index (κ1) is 15.2. The fraction of sp³-hybridized carbons (Fsp3) is 0.933. The molecule has 1 saturated carbocycles. The minimum atomic E-state index is -0.661. The number of carbonyl (C=O) groups is 1. The predicted molar refractivity (Wildman–Crippen MR) is 80.3 cm³/mol. The Labute approximate surface area is 120 Å². The Morgan fingerprint density at radius 3 is 2.84 bits per heavy atom. The molecule has 2 rings (SSSR count). The fourth-order valence-corrected chi connectivity index (χ4v) is 4.66. The Morgan fingerprint density at radius 2 is 2.21 bits per heavy atom. The van der Waals surface area contributed by atoms with Gasteiger partial charge in [-0.15, -0.1) is 0 Å². The van der Waals surface area contributed by atoms with Crippen LogP contribution in [0.3, 0.4) is 0 Å². The summed E-state index contributed by atoms with van der Waals surface area (Å²) in [6.45, 7) is 5.03. The summed E-state index contributed by atoms with van der Waals surface area (Å²) < 4.78 is 0. The smallest absolute Gasteiger partial charge is 0.220 e. The minimum Gasteiger partial charge on any atom is -0.387 e. The molecule has 4 heteroatoms. The molecule has 2 aliphatic rings. The van der Waals surface area contributed by atoms with Gasteiger partial charge in [0.05, 0.1) is 5.60 Å². The first-order chi connectivity index (χ1) is 8.89. The number of rotatable bonds is 4. The lowest BCUT2D eigenvalue weighted by molar-refractivity contribution is -0.123. The van der Waals surface area contributed by atoms with E-state index in [0.29, 0.717) is 24.3 Å². The highest BCUT2D eigenvalue weighted by Gasteiger charge is 2.33. The van der Waals surface area contributed by atoms with Gasteiger partial charge < -0.3 is 10.4 Å². The second-order valence-corrected chi connectivity index (χ2v) is 8.24. The van der Waals surface area contributed by atoms with Crippen LogP contribution in [0.4, 0.5) is 0 Å². The average molecular weight is 285 g/mol. The Morgan fingerprint density at radius 1 is 1.42 bits per heavy atom. The first-order valence-corrected chi connectivity index (χ1v) is 8.61. The van der Waals surface area contributed by atoms with E-state index in [4.69, 9.17) is 0 Å². The first-order valence-electron chi connectivity index (χ1n) is 7.45. The van der Waals surface area contributed by atoms with Crippen LogP contribution in [0.5, 0.6) is 0 Å². The zero-order valence-corrected chi connectivity index (χ0v) is 13.0. The maximum absolute atomic E-state index is 12.0. The molecule has 0 aromatic rings. The number of amides is 1. The normalized spacial score (nSPS) is 34.2. The number of aliphatic hydroxyl groups is 1. The average Bonchev–Trinajstić information content (AvgIpc) is 2.73. The van der Waals surface area contributed by atoms with Gasteiger partial charge in [-0.3, -0.25) is 4.79 Å². The molecule has 2 N–H and O–H groups in total. The number of nitrogens with one attached hydrogen (secondary N) is 1. The van der Waals surface area contributed by atoms with Crippen LogP contribution in [0.25, 0.3) is 0 Å². The van der Waals surface area contributed by atoms with Crippen molar-refractivity contribution in [2.75, 3.05) is 18.1 Å². The maximum Gasteiger partial charge on any atom is 0.220 e. The van der Waals surface area contributed by atoms with E-state index in [9.17, 15) is 9.90 Å². The molecule has 3 nitrogen and oxygen atoms in total. The highest BCUT2D eigenvalue weighted by atomic mass is 32.2. The predicted octanol–water partition coefficient (Wildman–Crippen LogP) is 2.58. The van der Waals surface area contributed by atoms with E-state index in [-0.39, 0.29) is 5.91 Å². The van der Waals surface area contributed by atoms with Crippen LogP contribution >= 0.6 is 11.8 Å². The second kappa shape index (κ2) is 6.04. The zero-order valence-electron chi connectivity index (χ0n) is 12.2. The standard InChI is InChI=1S/C15H27NO2S/c1-14(2)5-3-4-12(9-14)8-13(17)16-10-15(18)6-7-19-11-15/h12,18H,3-11H2,1-2H3,(H,16,17). The quantitative estimate of drug-likeness (QED) is 0.834. The lowest BCUT2D eigenvalue weighted by Gasteiger charge is -2.35. The number of hydrogen-bond acceptors (Lipinski definition) is 3. The van der Waals surface area contributed by atoms with Crippen molar-refractivity contribution in [3.8, 4) is 0 Å². The van der Waals surface area contributed by atoms with Gasteiger partial charge in [-0.2, -0.15) is 11.8 Å². The van der Waals surface area contributed by atoms with Crippen molar-refractivity contribution in [3.05, 3.63) is 0 Å². The van der Waals surface area contributed by atoms with Crippen LogP contribution < -0.4 is 5.32 Å². The van der Waals surface area contributed by atoms with Gasteiger partial charge in [0.25, 0.3) is 0 Å². The summed E-state index contributed by atoms with van der Waals surface area (Å²) in [6, 6.07) is 0. The molecular weight excluding hydrogens is 258 g/mol. The molecule has 2 unspecified atom stereocenters. The van der Waals surface area contributed by atoms with Crippen LogP contribution in [0.2, 0.25) is 0 Å². The van der Waals surface area contributed by atoms with Crippen LogP contribution in [0.15, 0.2) is 0 Å². The molecule has 1 amide bonds. The Hall–Kier alpha value is -0.220. The zero-order chi connectivity index (χ0) is 13.9. The van der Waals surface area contributed by atoms with E-state index in [2.05, 4.69) is 19.2 Å². The van der Waals surface area contributed by atoms with Crippen molar-refractivity contribution in [1.82, 2.24) is 5.32 Å². The van der Waals surface area contributed by atoms with Gasteiger partial charge in [-0.25, -0.2) is 0 Å². The van der Waals surface area contributed by atoms with Crippen molar-refractivity contribution >= 4 is 17.7 Å². The molecule has 0 aromatic heterocycles. The van der Waals surface area contributed by atoms with Crippen LogP contribution in [0.1, 0.15) is 52.4 Å². The van der Waals surface area contributed by atoms with Gasteiger partial charge in [-0.05, 0) is 42.8 Å². The van der Waals surface area contributed by atoms with Crippen molar-refractivity contribution in [2.24, 2.45) is 11.3 Å². The van der Waals surface area contributed by atoms with E-state index in [1.54, 1.807) is 11.8 Å². The largest absolute Gasteiger partial charge is 0.387 e. The van der Waals surface area contributed by atoms with Crippen molar-refractivity contribution in [3.63, 3.8) is 0 Å². The van der Waals surface area contributed by atoms with Gasteiger partial charge >= 0.3 is 0 Å². The molecule has 0 spiro atoms. The SMILES string of the molecule is CC1(C)CCCC(CC(=O)NCC2(O)CCSC2)C1. The summed E-state index contributed by atoms with van der Waals surface area (Å²) in [5, 5.41) is 13.1. The van der Waals surface area contributed by atoms with E-state index in [0.717, 1.165) is 24.3 Å². The third-order valence-electron chi connectivity index (χ3n) is 4.48. The summed E-state index contributed by atoms with van der Waals surface area (Å²) >= 11 is 1.77. The minimum absolute atomic E-state index is 0.119. The van der Waals surface area contributed by atoms with Crippen LogP contribution in [-0.4, -0.2) is 34.7 Å². The Bertz CT molecular complexity index is 324. The van der Waals surface area contributed by atoms with E-state index in [1.807, 2.05) is 0 Å². The van der Waals surface area contributed by atoms with Gasteiger partial charge in [-0.1, -0.05) is 20.3 Å². The van der Waals surface area contributed by atoms with Gasteiger partial charge in [0.15, 0.2) is 0 Å². The van der Waals surface area contributed by atoms with Gasteiger partial charge in [0, 0.05) is 18.7 Å². The molecule has 0 aromatic carbocycles. The van der Waals surface area contributed by atoms with E-state index in [1.165, 1.54) is 19.3 Å². The molecule has 1 aliphatic carbocycles. The second-order valence-electron chi connectivity index (χ2n) is 7.13. The molecule has 2 atom stereocenters. The van der Waals surface area contributed by atoms with Crippen molar-refractivity contribution in [1.29, 1.82) is 0 Å². The van der Waals surface area contributed by atoms with Crippen LogP contribution in [0, 0.1) is 11.3 Å².